The lowest BCUT2D eigenvalue weighted by Crippen LogP contribution is -2.41. The highest BCUT2D eigenvalue weighted by Crippen LogP contribution is 2.60. The molecule has 0 spiro atoms. The van der Waals surface area contributed by atoms with Crippen LogP contribution in [0.2, 0.25) is 0 Å². The zero-order chi connectivity index (χ0) is 21.9. The lowest BCUT2D eigenvalue weighted by Gasteiger charge is -2.26. The smallest absolute Gasteiger partial charge is 0.293 e. The molecule has 5 heteroatoms. The van der Waals surface area contributed by atoms with E-state index < -0.39 is 5.79 Å². The van der Waals surface area contributed by atoms with E-state index >= 15 is 0 Å². The molecular formula is C28H21N2O3+. The summed E-state index contributed by atoms with van der Waals surface area (Å²) in [5.74, 6) is -0.540. The number of nitrogens with zero attached hydrogens (tertiary/aromatic N) is 2. The van der Waals surface area contributed by atoms with Gasteiger partial charge in [-0.15, -0.1) is 0 Å². The average Bonchev–Trinajstić information content (AvgIpc) is 3.31. The Morgan fingerprint density at radius 2 is 1.67 bits per heavy atom. The number of hydrogen-bond acceptors (Lipinski definition) is 4. The van der Waals surface area contributed by atoms with Crippen LogP contribution in [0.4, 0.5) is 0 Å². The van der Waals surface area contributed by atoms with Gasteiger partial charge in [-0.2, -0.15) is 0 Å². The van der Waals surface area contributed by atoms with Crippen LogP contribution in [0.25, 0.3) is 21.5 Å². The molecule has 3 aliphatic heterocycles. The van der Waals surface area contributed by atoms with Crippen molar-refractivity contribution in [1.29, 1.82) is 0 Å². The first-order chi connectivity index (χ1) is 16.2. The van der Waals surface area contributed by atoms with Crippen LogP contribution in [0, 0.1) is 0 Å². The third kappa shape index (κ3) is 2.06. The number of benzene rings is 4. The highest BCUT2D eigenvalue weighted by atomic mass is 16.6. The van der Waals surface area contributed by atoms with Gasteiger partial charge < -0.3 is 14.6 Å². The predicted octanol–water partition coefficient (Wildman–Crippen LogP) is 4.15. The molecule has 5 nitrogen and oxygen atoms in total. The second-order valence-corrected chi connectivity index (χ2v) is 9.37. The lowest BCUT2D eigenvalue weighted by molar-refractivity contribution is -0.444. The van der Waals surface area contributed by atoms with Crippen molar-refractivity contribution in [3.05, 3.63) is 89.5 Å². The maximum absolute atomic E-state index is 11.4. The number of hydrogen-bond donors (Lipinski definition) is 1. The molecule has 0 radical (unpaired) electrons. The minimum atomic E-state index is -1.24. The Morgan fingerprint density at radius 3 is 2.48 bits per heavy atom. The fraction of sp³-hybridized carbons (Fsp3) is 0.214. The van der Waals surface area contributed by atoms with Gasteiger partial charge >= 0.3 is 0 Å². The van der Waals surface area contributed by atoms with E-state index in [1.165, 1.54) is 32.7 Å². The Kier molecular flexibility index (Phi) is 3.19. The van der Waals surface area contributed by atoms with Crippen molar-refractivity contribution >= 4 is 33.6 Å². The molecule has 33 heavy (non-hydrogen) atoms. The standard InChI is InChI=1S/C28H21N2O3/c1-32-28(31)24-19-12-10-15-6-2-4-8-17(15)21(19)25-23-22-18-9-5-3-7-16(18)11-13-20(22)33-27(23)29-14-30(25)26(24)28/h2-14,23-24,26-27,31H,1H3/q+1. The lowest BCUT2D eigenvalue weighted by atomic mass is 9.80. The van der Waals surface area contributed by atoms with E-state index in [1.54, 1.807) is 7.11 Å². The molecule has 0 amide bonds. The van der Waals surface area contributed by atoms with E-state index in [-0.39, 0.29) is 24.1 Å². The van der Waals surface area contributed by atoms with Crippen LogP contribution in [0.3, 0.4) is 0 Å². The van der Waals surface area contributed by atoms with E-state index in [0.717, 1.165) is 17.0 Å². The van der Waals surface area contributed by atoms with Gasteiger partial charge in [-0.05, 0) is 38.2 Å². The summed E-state index contributed by atoms with van der Waals surface area (Å²) >= 11 is 0. The van der Waals surface area contributed by atoms with Gasteiger partial charge in [0.05, 0.1) is 5.92 Å². The Labute approximate surface area is 190 Å². The molecule has 5 unspecified atom stereocenters. The number of ether oxygens (including phenoxy) is 2. The molecule has 1 N–H and O–H groups in total. The summed E-state index contributed by atoms with van der Waals surface area (Å²) in [6, 6.07) is 25.2. The average molecular weight is 433 g/mol. The fourth-order valence-electron chi connectivity index (χ4n) is 6.46. The molecule has 4 aliphatic rings. The Hall–Kier alpha value is -3.54. The molecule has 1 aliphatic carbocycles. The second-order valence-electron chi connectivity index (χ2n) is 9.37. The van der Waals surface area contributed by atoms with Crippen LogP contribution in [0.1, 0.15) is 28.5 Å². The first kappa shape index (κ1) is 18.0. The van der Waals surface area contributed by atoms with Crippen molar-refractivity contribution in [2.45, 2.75) is 29.9 Å². The largest absolute Gasteiger partial charge is 0.447 e. The zero-order valence-electron chi connectivity index (χ0n) is 18.0. The van der Waals surface area contributed by atoms with Crippen molar-refractivity contribution in [2.24, 2.45) is 4.99 Å². The molecule has 0 aromatic heterocycles. The molecule has 0 saturated heterocycles. The van der Waals surface area contributed by atoms with Gasteiger partial charge in [0, 0.05) is 18.2 Å². The third-order valence-corrected chi connectivity index (χ3v) is 7.94. The van der Waals surface area contributed by atoms with Crippen LogP contribution in [0.5, 0.6) is 5.75 Å². The molecule has 1 saturated carbocycles. The van der Waals surface area contributed by atoms with Crippen LogP contribution in [-0.2, 0) is 4.74 Å². The molecular weight excluding hydrogens is 412 g/mol. The van der Waals surface area contributed by atoms with Gasteiger partial charge in [0.2, 0.25) is 5.79 Å². The van der Waals surface area contributed by atoms with Crippen molar-refractivity contribution in [3.8, 4) is 5.75 Å². The van der Waals surface area contributed by atoms with E-state index in [1.807, 2.05) is 6.34 Å². The molecule has 4 aromatic rings. The van der Waals surface area contributed by atoms with Crippen LogP contribution in [-0.4, -0.2) is 46.9 Å². The van der Waals surface area contributed by atoms with E-state index in [9.17, 15) is 5.11 Å². The van der Waals surface area contributed by atoms with Gasteiger partial charge in [-0.3, -0.25) is 0 Å². The molecule has 4 aromatic carbocycles. The molecule has 0 bridgehead atoms. The van der Waals surface area contributed by atoms with Gasteiger partial charge in [-0.1, -0.05) is 66.7 Å². The summed E-state index contributed by atoms with van der Waals surface area (Å²) in [6.45, 7) is 0. The number of aliphatic imine (C=N–C) groups is 1. The van der Waals surface area contributed by atoms with Gasteiger partial charge in [0.1, 0.15) is 17.4 Å². The number of rotatable bonds is 1. The molecule has 3 heterocycles. The van der Waals surface area contributed by atoms with Crippen molar-refractivity contribution in [3.63, 3.8) is 0 Å². The fourth-order valence-corrected chi connectivity index (χ4v) is 6.46. The molecule has 8 rings (SSSR count). The van der Waals surface area contributed by atoms with Crippen molar-refractivity contribution in [1.82, 2.24) is 0 Å². The number of methoxy groups -OCH3 is 1. The van der Waals surface area contributed by atoms with Crippen molar-refractivity contribution in [2.75, 3.05) is 7.11 Å². The van der Waals surface area contributed by atoms with E-state index in [0.29, 0.717) is 0 Å². The van der Waals surface area contributed by atoms with Gasteiger partial charge in [-0.25, -0.2) is 4.58 Å². The minimum absolute atomic E-state index is 0.0664. The maximum atomic E-state index is 11.4. The van der Waals surface area contributed by atoms with Gasteiger partial charge in [0.25, 0.3) is 12.6 Å². The number of fused-ring (bicyclic) bond motifs is 13. The molecule has 5 atom stereocenters. The van der Waals surface area contributed by atoms with E-state index in [4.69, 9.17) is 14.5 Å². The van der Waals surface area contributed by atoms with Crippen LogP contribution in [0.15, 0.2) is 77.8 Å². The minimum Gasteiger partial charge on any atom is -0.447 e. The van der Waals surface area contributed by atoms with E-state index in [2.05, 4.69) is 77.4 Å². The summed E-state index contributed by atoms with van der Waals surface area (Å²) in [4.78, 5) is 4.82. The second kappa shape index (κ2) is 5.87. The Bertz CT molecular complexity index is 1590. The topological polar surface area (TPSA) is 54.1 Å². The third-order valence-electron chi connectivity index (χ3n) is 7.94. The molecule has 1 fully saturated rings. The Balaban J connectivity index is 1.49. The van der Waals surface area contributed by atoms with Crippen molar-refractivity contribution < 1.29 is 19.2 Å². The molecule has 160 valence electrons. The summed E-state index contributed by atoms with van der Waals surface area (Å²) in [6.07, 6.45) is 1.53. The predicted molar refractivity (Wildman–Crippen MR) is 126 cm³/mol. The number of aliphatic hydroxyl groups is 1. The SMILES string of the molecule is COC1(O)C2c3ccc4ccccc4c3C3=[N+](C=NC4Oc5ccc6ccccc6c5C34)C21. The normalized spacial score (nSPS) is 30.4. The first-order valence-electron chi connectivity index (χ1n) is 11.4. The highest BCUT2D eigenvalue weighted by molar-refractivity contribution is 6.16. The zero-order valence-corrected chi connectivity index (χ0v) is 18.0. The quantitative estimate of drug-likeness (QED) is 0.362. The van der Waals surface area contributed by atoms with Crippen LogP contribution < -0.4 is 4.74 Å². The summed E-state index contributed by atoms with van der Waals surface area (Å²) in [7, 11) is 1.59. The highest BCUT2D eigenvalue weighted by Gasteiger charge is 2.75. The summed E-state index contributed by atoms with van der Waals surface area (Å²) in [5, 5.41) is 16.1. The first-order valence-corrected chi connectivity index (χ1v) is 11.4. The monoisotopic (exact) mass is 433 g/mol. The maximum Gasteiger partial charge on any atom is 0.293 e. The van der Waals surface area contributed by atoms with Gasteiger partial charge in [0.15, 0.2) is 6.04 Å². The summed E-state index contributed by atoms with van der Waals surface area (Å²) < 4.78 is 14.2. The summed E-state index contributed by atoms with van der Waals surface area (Å²) in [5.41, 5.74) is 4.63. The Morgan fingerprint density at radius 1 is 0.939 bits per heavy atom. The van der Waals surface area contributed by atoms with Crippen LogP contribution >= 0.6 is 0 Å².